The van der Waals surface area contributed by atoms with Crippen molar-refractivity contribution in [2.24, 2.45) is 0 Å². The number of rotatable bonds is 4. The van der Waals surface area contributed by atoms with Gasteiger partial charge in [-0.15, -0.1) is 12.4 Å². The molecule has 1 amide bonds. The number of piperidine rings is 1. The molecule has 118 valence electrons. The van der Waals surface area contributed by atoms with Crippen molar-refractivity contribution in [1.29, 1.82) is 0 Å². The lowest BCUT2D eigenvalue weighted by Crippen LogP contribution is -2.44. The van der Waals surface area contributed by atoms with Gasteiger partial charge in [0, 0.05) is 6.04 Å². The average Bonchev–Trinajstić information content (AvgIpc) is 2.44. The smallest absolute Gasteiger partial charge is 0.238 e. The zero-order chi connectivity index (χ0) is 14.5. The van der Waals surface area contributed by atoms with E-state index < -0.39 is 0 Å². The van der Waals surface area contributed by atoms with Crippen LogP contribution in [0.4, 0.5) is 5.69 Å². The fraction of sp³-hybridized carbons (Fsp3) is 0.500. The van der Waals surface area contributed by atoms with Crippen LogP contribution in [0.2, 0.25) is 10.0 Å². The van der Waals surface area contributed by atoms with Gasteiger partial charge in [-0.25, -0.2) is 0 Å². The molecule has 2 N–H and O–H groups in total. The molecule has 2 rings (SSSR count). The molecule has 1 heterocycles. The summed E-state index contributed by atoms with van der Waals surface area (Å²) in [6.07, 6.45) is 2.13. The summed E-state index contributed by atoms with van der Waals surface area (Å²) in [4.78, 5) is 14.2. The number of anilines is 1. The van der Waals surface area contributed by atoms with Crippen molar-refractivity contribution < 1.29 is 4.79 Å². The van der Waals surface area contributed by atoms with Crippen molar-refractivity contribution in [3.8, 4) is 0 Å². The summed E-state index contributed by atoms with van der Waals surface area (Å²) >= 11 is 12.1. The Morgan fingerprint density at radius 2 is 1.90 bits per heavy atom. The predicted molar refractivity (Wildman–Crippen MR) is 90.9 cm³/mol. The quantitative estimate of drug-likeness (QED) is 0.875. The number of likely N-dealkylation sites (N-methyl/N-ethyl adjacent to an activating group) is 1. The molecule has 1 aliphatic rings. The maximum Gasteiger partial charge on any atom is 0.238 e. The van der Waals surface area contributed by atoms with Gasteiger partial charge in [0.25, 0.3) is 0 Å². The fourth-order valence-electron chi connectivity index (χ4n) is 2.40. The molecule has 7 heteroatoms. The Bertz CT molecular complexity index is 458. The zero-order valence-corrected chi connectivity index (χ0v) is 14.2. The lowest BCUT2D eigenvalue weighted by molar-refractivity contribution is -0.117. The molecule has 0 unspecified atom stereocenters. The number of carbonyl (C=O) groups excluding carboxylic acids is 1. The SMILES string of the molecule is CN(CC(=O)Nc1c(Cl)cccc1Cl)C1CCNCC1.Cl. The van der Waals surface area contributed by atoms with Crippen LogP contribution in [0, 0.1) is 0 Å². The summed E-state index contributed by atoms with van der Waals surface area (Å²) in [7, 11) is 1.98. The lowest BCUT2D eigenvalue weighted by Gasteiger charge is -2.31. The number of nitrogens with zero attached hydrogens (tertiary/aromatic N) is 1. The molecule has 1 saturated heterocycles. The molecule has 0 saturated carbocycles. The second-order valence-electron chi connectivity index (χ2n) is 5.04. The summed E-state index contributed by atoms with van der Waals surface area (Å²) in [5.41, 5.74) is 0.486. The Labute approximate surface area is 141 Å². The van der Waals surface area contributed by atoms with Crippen molar-refractivity contribution in [3.63, 3.8) is 0 Å². The largest absolute Gasteiger partial charge is 0.322 e. The van der Waals surface area contributed by atoms with Crippen molar-refractivity contribution in [2.45, 2.75) is 18.9 Å². The Balaban J connectivity index is 0.00000220. The molecule has 0 aliphatic carbocycles. The highest BCUT2D eigenvalue weighted by atomic mass is 35.5. The molecule has 4 nitrogen and oxygen atoms in total. The summed E-state index contributed by atoms with van der Waals surface area (Å²) in [6.45, 7) is 2.35. The number of hydrogen-bond acceptors (Lipinski definition) is 3. The first-order chi connectivity index (χ1) is 9.58. The minimum absolute atomic E-state index is 0. The summed E-state index contributed by atoms with van der Waals surface area (Å²) in [6, 6.07) is 5.62. The van der Waals surface area contributed by atoms with E-state index in [4.69, 9.17) is 23.2 Å². The Morgan fingerprint density at radius 1 is 1.33 bits per heavy atom. The van der Waals surface area contributed by atoms with E-state index in [0.29, 0.717) is 28.3 Å². The monoisotopic (exact) mass is 351 g/mol. The molecule has 1 aromatic rings. The van der Waals surface area contributed by atoms with E-state index in [1.54, 1.807) is 18.2 Å². The van der Waals surface area contributed by atoms with Crippen LogP contribution in [-0.2, 0) is 4.79 Å². The molecule has 21 heavy (non-hydrogen) atoms. The number of para-hydroxylation sites is 1. The first kappa shape index (κ1) is 18.5. The van der Waals surface area contributed by atoms with Crippen LogP contribution in [0.1, 0.15) is 12.8 Å². The molecule has 0 aromatic heterocycles. The third-order valence-electron chi connectivity index (χ3n) is 3.55. The topological polar surface area (TPSA) is 44.4 Å². The van der Waals surface area contributed by atoms with Crippen molar-refractivity contribution in [2.75, 3.05) is 32.0 Å². The van der Waals surface area contributed by atoms with Crippen LogP contribution < -0.4 is 10.6 Å². The third kappa shape index (κ3) is 5.31. The van der Waals surface area contributed by atoms with Gasteiger partial charge in [0.15, 0.2) is 0 Å². The highest BCUT2D eigenvalue weighted by Crippen LogP contribution is 2.29. The summed E-state index contributed by atoms with van der Waals surface area (Å²) in [5.74, 6) is -0.0963. The van der Waals surface area contributed by atoms with Crippen molar-refractivity contribution in [1.82, 2.24) is 10.2 Å². The van der Waals surface area contributed by atoms with Crippen LogP contribution in [0.15, 0.2) is 18.2 Å². The number of halogens is 3. The summed E-state index contributed by atoms with van der Waals surface area (Å²) in [5, 5.41) is 7.01. The highest BCUT2D eigenvalue weighted by Gasteiger charge is 2.20. The number of nitrogens with one attached hydrogen (secondary N) is 2. The first-order valence-electron chi connectivity index (χ1n) is 6.72. The van der Waals surface area contributed by atoms with E-state index in [2.05, 4.69) is 15.5 Å². The number of hydrogen-bond donors (Lipinski definition) is 2. The van der Waals surface area contributed by atoms with Gasteiger partial charge in [-0.05, 0) is 45.1 Å². The van der Waals surface area contributed by atoms with Gasteiger partial charge in [-0.2, -0.15) is 0 Å². The molecule has 0 atom stereocenters. The van der Waals surface area contributed by atoms with Gasteiger partial charge in [-0.3, -0.25) is 9.69 Å². The molecule has 1 aliphatic heterocycles. The van der Waals surface area contributed by atoms with Crippen molar-refractivity contribution in [3.05, 3.63) is 28.2 Å². The van der Waals surface area contributed by atoms with Crippen LogP contribution in [0.25, 0.3) is 0 Å². The van der Waals surface area contributed by atoms with Crippen molar-refractivity contribution >= 4 is 47.2 Å². The third-order valence-corrected chi connectivity index (χ3v) is 4.18. The number of carbonyl (C=O) groups is 1. The predicted octanol–water partition coefficient (Wildman–Crippen LogP) is 3.04. The Kier molecular flexibility index (Phi) is 7.77. The van der Waals surface area contributed by atoms with E-state index in [1.807, 2.05) is 7.05 Å². The summed E-state index contributed by atoms with van der Waals surface area (Å²) < 4.78 is 0. The van der Waals surface area contributed by atoms with Gasteiger partial charge >= 0.3 is 0 Å². The van der Waals surface area contributed by atoms with E-state index >= 15 is 0 Å². The Hall–Kier alpha value is -0.520. The van der Waals surface area contributed by atoms with Gasteiger partial charge in [0.1, 0.15) is 0 Å². The minimum Gasteiger partial charge on any atom is -0.322 e. The highest BCUT2D eigenvalue weighted by molar-refractivity contribution is 6.39. The van der Waals surface area contributed by atoms with Gasteiger partial charge in [0.05, 0.1) is 22.3 Å². The second-order valence-corrected chi connectivity index (χ2v) is 5.86. The fourth-order valence-corrected chi connectivity index (χ4v) is 2.89. The Morgan fingerprint density at radius 3 is 2.48 bits per heavy atom. The number of benzene rings is 1. The maximum atomic E-state index is 12.1. The van der Waals surface area contributed by atoms with Gasteiger partial charge < -0.3 is 10.6 Å². The van der Waals surface area contributed by atoms with E-state index in [1.165, 1.54) is 0 Å². The van der Waals surface area contributed by atoms with E-state index in [-0.39, 0.29) is 18.3 Å². The van der Waals surface area contributed by atoms with E-state index in [9.17, 15) is 4.79 Å². The maximum absolute atomic E-state index is 12.1. The van der Waals surface area contributed by atoms with Crippen LogP contribution >= 0.6 is 35.6 Å². The molecule has 0 spiro atoms. The van der Waals surface area contributed by atoms with Crippen LogP contribution in [0.5, 0.6) is 0 Å². The van der Waals surface area contributed by atoms with Gasteiger partial charge in [0.2, 0.25) is 5.91 Å². The molecule has 1 aromatic carbocycles. The standard InChI is InChI=1S/C14H19Cl2N3O.ClH/c1-19(10-5-7-17-8-6-10)9-13(20)18-14-11(15)3-2-4-12(14)16;/h2-4,10,17H,5-9H2,1H3,(H,18,20);1H. The average molecular weight is 353 g/mol. The van der Waals surface area contributed by atoms with Crippen LogP contribution in [-0.4, -0.2) is 43.5 Å². The van der Waals surface area contributed by atoms with Crippen LogP contribution in [0.3, 0.4) is 0 Å². The molecule has 0 radical (unpaired) electrons. The molecule has 1 fully saturated rings. The van der Waals surface area contributed by atoms with Gasteiger partial charge in [-0.1, -0.05) is 29.3 Å². The molecule has 0 bridgehead atoms. The minimum atomic E-state index is -0.0963. The molecular weight excluding hydrogens is 333 g/mol. The normalized spacial score (nSPS) is 15.6. The molecular formula is C14H20Cl3N3O. The lowest BCUT2D eigenvalue weighted by atomic mass is 10.1. The second kappa shape index (κ2) is 8.81. The zero-order valence-electron chi connectivity index (χ0n) is 11.9. The van der Waals surface area contributed by atoms with E-state index in [0.717, 1.165) is 25.9 Å². The first-order valence-corrected chi connectivity index (χ1v) is 7.48. The number of amides is 1.